The Morgan fingerprint density at radius 3 is 2.58 bits per heavy atom. The first-order valence-corrected chi connectivity index (χ1v) is 8.97. The molecule has 0 aliphatic heterocycles. The van der Waals surface area contributed by atoms with Gasteiger partial charge in [0.1, 0.15) is 5.82 Å². The third-order valence-corrected chi connectivity index (χ3v) is 4.41. The average Bonchev–Trinajstić information content (AvgIpc) is 3.10. The quantitative estimate of drug-likeness (QED) is 0.317. The lowest BCUT2D eigenvalue weighted by atomic mass is 10.1. The largest absolute Gasteiger partial charge is 0.356 e. The first-order chi connectivity index (χ1) is 12.1. The second-order valence-corrected chi connectivity index (χ2v) is 6.78. The van der Waals surface area contributed by atoms with Crippen LogP contribution in [0.3, 0.4) is 0 Å². The number of carbonyl (C=O) groups is 1. The average molecular weight is 490 g/mol. The van der Waals surface area contributed by atoms with Gasteiger partial charge in [0.15, 0.2) is 5.96 Å². The number of rotatable bonds is 7. The summed E-state index contributed by atoms with van der Waals surface area (Å²) >= 11 is 1.76. The number of carbonyl (C=O) groups excluding carboxylic acids is 1. The van der Waals surface area contributed by atoms with Crippen molar-refractivity contribution in [3.05, 3.63) is 52.5 Å². The summed E-state index contributed by atoms with van der Waals surface area (Å²) in [6.45, 7) is 3.01. The molecule has 0 saturated heterocycles. The van der Waals surface area contributed by atoms with E-state index in [-0.39, 0.29) is 42.2 Å². The van der Waals surface area contributed by atoms with Gasteiger partial charge in [0.25, 0.3) is 0 Å². The maximum absolute atomic E-state index is 12.8. The van der Waals surface area contributed by atoms with Gasteiger partial charge in [-0.25, -0.2) is 4.39 Å². The Labute approximate surface area is 174 Å². The molecule has 26 heavy (non-hydrogen) atoms. The third kappa shape index (κ3) is 8.13. The summed E-state index contributed by atoms with van der Waals surface area (Å²) in [5.74, 6) is 0.469. The van der Waals surface area contributed by atoms with Crippen LogP contribution < -0.4 is 16.0 Å². The number of nitrogens with one attached hydrogen (secondary N) is 3. The molecule has 0 bridgehead atoms. The maximum Gasteiger partial charge on any atom is 0.243 e. The van der Waals surface area contributed by atoms with E-state index in [1.54, 1.807) is 18.4 Å². The van der Waals surface area contributed by atoms with Crippen LogP contribution in [-0.2, 0) is 11.2 Å². The molecule has 3 N–H and O–H groups in total. The molecule has 1 unspecified atom stereocenters. The number of anilines is 1. The molecule has 0 saturated carbocycles. The fraction of sp³-hybridized carbons (Fsp3) is 0.333. The summed E-state index contributed by atoms with van der Waals surface area (Å²) in [5.41, 5.74) is 0.556. The Hall–Kier alpha value is -1.68. The van der Waals surface area contributed by atoms with Crippen LogP contribution in [0.4, 0.5) is 10.1 Å². The monoisotopic (exact) mass is 490 g/mol. The highest BCUT2D eigenvalue weighted by molar-refractivity contribution is 14.0. The van der Waals surface area contributed by atoms with E-state index in [9.17, 15) is 9.18 Å². The molecule has 1 aromatic heterocycles. The van der Waals surface area contributed by atoms with Crippen molar-refractivity contribution in [3.63, 3.8) is 0 Å². The van der Waals surface area contributed by atoms with Crippen LogP contribution in [0.15, 0.2) is 46.8 Å². The molecule has 142 valence electrons. The second-order valence-electron chi connectivity index (χ2n) is 5.75. The number of halogens is 2. The third-order valence-electron chi connectivity index (χ3n) is 3.52. The minimum absolute atomic E-state index is 0. The molecule has 2 rings (SSSR count). The Balaban J connectivity index is 0.00000338. The van der Waals surface area contributed by atoms with Gasteiger partial charge in [0.05, 0.1) is 6.54 Å². The molecule has 1 atom stereocenters. The van der Waals surface area contributed by atoms with Crippen LogP contribution >= 0.6 is 35.3 Å². The summed E-state index contributed by atoms with van der Waals surface area (Å²) in [4.78, 5) is 17.4. The number of hydrogen-bond acceptors (Lipinski definition) is 3. The van der Waals surface area contributed by atoms with Gasteiger partial charge in [0, 0.05) is 24.2 Å². The molecule has 8 heteroatoms. The number of hydrogen-bond donors (Lipinski definition) is 3. The number of thiophene rings is 1. The molecule has 0 spiro atoms. The lowest BCUT2D eigenvalue weighted by molar-refractivity contribution is -0.115. The topological polar surface area (TPSA) is 65.5 Å². The first kappa shape index (κ1) is 22.4. The van der Waals surface area contributed by atoms with Gasteiger partial charge < -0.3 is 16.0 Å². The Morgan fingerprint density at radius 1 is 1.23 bits per heavy atom. The van der Waals surface area contributed by atoms with E-state index in [1.165, 1.54) is 29.1 Å². The highest BCUT2D eigenvalue weighted by atomic mass is 127. The Bertz CT molecular complexity index is 692. The van der Waals surface area contributed by atoms with Crippen LogP contribution in [0.1, 0.15) is 11.8 Å². The molecule has 1 amide bonds. The van der Waals surface area contributed by atoms with E-state index in [0.717, 1.165) is 13.0 Å². The van der Waals surface area contributed by atoms with Gasteiger partial charge in [-0.05, 0) is 48.1 Å². The van der Waals surface area contributed by atoms with E-state index < -0.39 is 0 Å². The summed E-state index contributed by atoms with van der Waals surface area (Å²) in [5, 5.41) is 11.0. The van der Waals surface area contributed by atoms with E-state index in [4.69, 9.17) is 0 Å². The van der Waals surface area contributed by atoms with Crippen LogP contribution in [0.25, 0.3) is 0 Å². The molecule has 0 fully saturated rings. The summed E-state index contributed by atoms with van der Waals surface area (Å²) in [6, 6.07) is 9.84. The maximum atomic E-state index is 12.8. The highest BCUT2D eigenvalue weighted by Gasteiger charge is 2.08. The molecule has 5 nitrogen and oxygen atoms in total. The molecule has 0 aliphatic rings. The van der Waals surface area contributed by atoms with E-state index in [0.29, 0.717) is 17.6 Å². The first-order valence-electron chi connectivity index (χ1n) is 8.09. The molecule has 1 aromatic carbocycles. The Morgan fingerprint density at radius 2 is 1.96 bits per heavy atom. The summed E-state index contributed by atoms with van der Waals surface area (Å²) < 4.78 is 12.8. The van der Waals surface area contributed by atoms with E-state index in [2.05, 4.69) is 45.4 Å². The summed E-state index contributed by atoms with van der Waals surface area (Å²) in [6.07, 6.45) is 1.01. The molecular formula is C18H24FIN4OS. The Kier molecular flexibility index (Phi) is 10.2. The molecular weight excluding hydrogens is 466 g/mol. The van der Waals surface area contributed by atoms with E-state index in [1.807, 2.05) is 0 Å². The fourth-order valence-corrected chi connectivity index (χ4v) is 3.11. The van der Waals surface area contributed by atoms with Crippen LogP contribution in [0.5, 0.6) is 0 Å². The van der Waals surface area contributed by atoms with Crippen LogP contribution in [0, 0.1) is 11.7 Å². The van der Waals surface area contributed by atoms with Crippen LogP contribution in [0.2, 0.25) is 0 Å². The lowest BCUT2D eigenvalue weighted by Crippen LogP contribution is -2.43. The number of nitrogens with zero attached hydrogens (tertiary/aromatic N) is 1. The van der Waals surface area contributed by atoms with Gasteiger partial charge in [-0.1, -0.05) is 13.0 Å². The zero-order valence-electron chi connectivity index (χ0n) is 14.8. The predicted octanol–water partition coefficient (Wildman–Crippen LogP) is 3.49. The highest BCUT2D eigenvalue weighted by Crippen LogP contribution is 2.13. The number of amides is 1. The van der Waals surface area contributed by atoms with Crippen molar-refractivity contribution < 1.29 is 9.18 Å². The molecule has 1 heterocycles. The van der Waals surface area contributed by atoms with Gasteiger partial charge in [-0.3, -0.25) is 9.79 Å². The lowest BCUT2D eigenvalue weighted by Gasteiger charge is -2.15. The fourth-order valence-electron chi connectivity index (χ4n) is 2.24. The molecule has 0 aliphatic carbocycles. The smallest absolute Gasteiger partial charge is 0.243 e. The van der Waals surface area contributed by atoms with Crippen molar-refractivity contribution >= 4 is 52.9 Å². The minimum atomic E-state index is -0.336. The van der Waals surface area contributed by atoms with Gasteiger partial charge in [-0.15, -0.1) is 35.3 Å². The van der Waals surface area contributed by atoms with Crippen molar-refractivity contribution in [3.8, 4) is 0 Å². The number of benzene rings is 1. The van der Waals surface area contributed by atoms with E-state index >= 15 is 0 Å². The van der Waals surface area contributed by atoms with Gasteiger partial charge in [0.2, 0.25) is 5.91 Å². The SMILES string of the molecule is CN=C(NCC(=O)Nc1ccc(F)cc1)NCC(C)Cc1cccs1.I. The standard InChI is InChI=1S/C18H23FN4OS.HI/c1-13(10-16-4-3-9-25-16)11-21-18(20-2)22-12-17(24)23-15-7-5-14(19)6-8-15;/h3-9,13H,10-12H2,1-2H3,(H,23,24)(H2,20,21,22);1H. The van der Waals surface area contributed by atoms with Crippen molar-refractivity contribution in [1.29, 1.82) is 0 Å². The van der Waals surface area contributed by atoms with Crippen molar-refractivity contribution in [2.45, 2.75) is 13.3 Å². The summed E-state index contributed by atoms with van der Waals surface area (Å²) in [7, 11) is 1.66. The molecule has 2 aromatic rings. The zero-order valence-corrected chi connectivity index (χ0v) is 17.9. The number of aliphatic imine (C=N–C) groups is 1. The number of guanidine groups is 1. The minimum Gasteiger partial charge on any atom is -0.356 e. The van der Waals surface area contributed by atoms with Crippen molar-refractivity contribution in [2.75, 3.05) is 25.5 Å². The van der Waals surface area contributed by atoms with Gasteiger partial charge >= 0.3 is 0 Å². The van der Waals surface area contributed by atoms with Crippen LogP contribution in [-0.4, -0.2) is 32.0 Å². The predicted molar refractivity (Wildman–Crippen MR) is 117 cm³/mol. The van der Waals surface area contributed by atoms with Crippen molar-refractivity contribution in [2.24, 2.45) is 10.9 Å². The van der Waals surface area contributed by atoms with Gasteiger partial charge in [-0.2, -0.15) is 0 Å². The second kappa shape index (κ2) is 11.8. The van der Waals surface area contributed by atoms with Crippen molar-refractivity contribution in [1.82, 2.24) is 10.6 Å². The normalized spacial score (nSPS) is 12.0. The molecule has 0 radical (unpaired) electrons. The zero-order chi connectivity index (χ0) is 18.1.